The van der Waals surface area contributed by atoms with Crippen LogP contribution in [0.15, 0.2) is 0 Å². The summed E-state index contributed by atoms with van der Waals surface area (Å²) in [6.07, 6.45) is 9.97. The average molecular weight is 197 g/mol. The van der Waals surface area contributed by atoms with Crippen molar-refractivity contribution in [3.05, 3.63) is 0 Å². The zero-order valence-corrected chi connectivity index (χ0v) is 10.2. The molecule has 0 aliphatic heterocycles. The Kier molecular flexibility index (Phi) is 5.54. The van der Waals surface area contributed by atoms with Crippen molar-refractivity contribution in [3.63, 3.8) is 0 Å². The first kappa shape index (κ1) is 12.0. The molecule has 1 aliphatic rings. The highest BCUT2D eigenvalue weighted by molar-refractivity contribution is 4.80. The molecule has 1 rings (SSSR count). The first-order chi connectivity index (χ1) is 6.77. The van der Waals surface area contributed by atoms with Gasteiger partial charge in [-0.3, -0.25) is 0 Å². The molecule has 1 aliphatic carbocycles. The fraction of sp³-hybridized carbons (Fsp3) is 1.00. The molecule has 1 saturated carbocycles. The maximum atomic E-state index is 3.53. The third-order valence-corrected chi connectivity index (χ3v) is 3.78. The summed E-state index contributed by atoms with van der Waals surface area (Å²) in [5.74, 6) is 1.87. The molecule has 0 aromatic rings. The van der Waals surface area contributed by atoms with Gasteiger partial charge in [-0.05, 0) is 38.1 Å². The summed E-state index contributed by atoms with van der Waals surface area (Å²) in [5, 5.41) is 3.53. The van der Waals surface area contributed by atoms with E-state index in [0.29, 0.717) is 0 Å². The fourth-order valence-corrected chi connectivity index (χ4v) is 2.95. The molecule has 84 valence electrons. The minimum Gasteiger partial charge on any atom is -0.317 e. The Balaban J connectivity index is 2.29. The lowest BCUT2D eigenvalue weighted by atomic mass is 9.88. The summed E-state index contributed by atoms with van der Waals surface area (Å²) >= 11 is 0. The van der Waals surface area contributed by atoms with E-state index in [0.717, 1.165) is 17.9 Å². The van der Waals surface area contributed by atoms with Crippen LogP contribution in [0.3, 0.4) is 0 Å². The molecule has 0 amide bonds. The van der Waals surface area contributed by atoms with Crippen molar-refractivity contribution in [2.24, 2.45) is 11.8 Å². The van der Waals surface area contributed by atoms with E-state index in [1.54, 1.807) is 0 Å². The number of hydrogen-bond donors (Lipinski definition) is 1. The predicted octanol–water partition coefficient (Wildman–Crippen LogP) is 3.59. The summed E-state index contributed by atoms with van der Waals surface area (Å²) < 4.78 is 0. The highest BCUT2D eigenvalue weighted by Gasteiger charge is 2.24. The van der Waals surface area contributed by atoms with Gasteiger partial charge < -0.3 is 5.32 Å². The Labute approximate surface area is 89.7 Å². The third-order valence-electron chi connectivity index (χ3n) is 3.78. The number of rotatable bonds is 6. The summed E-state index contributed by atoms with van der Waals surface area (Å²) in [6.45, 7) is 4.70. The zero-order chi connectivity index (χ0) is 10.4. The molecule has 0 saturated heterocycles. The molecule has 1 heteroatoms. The van der Waals surface area contributed by atoms with Crippen molar-refractivity contribution in [2.75, 3.05) is 7.05 Å². The van der Waals surface area contributed by atoms with Gasteiger partial charge in [0, 0.05) is 6.04 Å². The van der Waals surface area contributed by atoms with E-state index in [2.05, 4.69) is 26.2 Å². The van der Waals surface area contributed by atoms with E-state index >= 15 is 0 Å². The Hall–Kier alpha value is -0.0400. The van der Waals surface area contributed by atoms with Crippen LogP contribution in [0, 0.1) is 11.8 Å². The maximum Gasteiger partial charge on any atom is 0.00948 e. The summed E-state index contributed by atoms with van der Waals surface area (Å²) in [7, 11) is 2.14. The van der Waals surface area contributed by atoms with Gasteiger partial charge in [-0.1, -0.05) is 39.5 Å². The van der Waals surface area contributed by atoms with Crippen LogP contribution in [0.2, 0.25) is 0 Å². The lowest BCUT2D eigenvalue weighted by Gasteiger charge is -2.25. The van der Waals surface area contributed by atoms with Gasteiger partial charge in [-0.2, -0.15) is 0 Å². The molecule has 2 unspecified atom stereocenters. The molecular weight excluding hydrogens is 170 g/mol. The van der Waals surface area contributed by atoms with Crippen LogP contribution in [0.5, 0.6) is 0 Å². The van der Waals surface area contributed by atoms with Crippen molar-refractivity contribution in [3.8, 4) is 0 Å². The van der Waals surface area contributed by atoms with Gasteiger partial charge >= 0.3 is 0 Å². The van der Waals surface area contributed by atoms with Crippen molar-refractivity contribution in [1.29, 1.82) is 0 Å². The van der Waals surface area contributed by atoms with E-state index < -0.39 is 0 Å². The minimum atomic E-state index is 0.791. The maximum absolute atomic E-state index is 3.53. The monoisotopic (exact) mass is 197 g/mol. The highest BCUT2D eigenvalue weighted by atomic mass is 14.9. The topological polar surface area (TPSA) is 12.0 Å². The van der Waals surface area contributed by atoms with Crippen molar-refractivity contribution < 1.29 is 0 Å². The molecule has 0 heterocycles. The number of hydrogen-bond acceptors (Lipinski definition) is 1. The van der Waals surface area contributed by atoms with Crippen molar-refractivity contribution >= 4 is 0 Å². The van der Waals surface area contributed by atoms with Gasteiger partial charge in [0.2, 0.25) is 0 Å². The van der Waals surface area contributed by atoms with E-state index in [9.17, 15) is 0 Å². The molecule has 1 fully saturated rings. The Morgan fingerprint density at radius 2 is 1.93 bits per heavy atom. The normalized spacial score (nSPS) is 22.5. The van der Waals surface area contributed by atoms with Crippen LogP contribution in [0.1, 0.15) is 58.8 Å². The number of nitrogens with one attached hydrogen (secondary N) is 1. The first-order valence-corrected chi connectivity index (χ1v) is 6.45. The second-order valence-electron chi connectivity index (χ2n) is 5.07. The van der Waals surface area contributed by atoms with Gasteiger partial charge in [-0.25, -0.2) is 0 Å². The predicted molar refractivity (Wildman–Crippen MR) is 63.5 cm³/mol. The smallest absolute Gasteiger partial charge is 0.00948 e. The molecule has 1 N–H and O–H groups in total. The molecular formula is C13H27N. The molecule has 1 nitrogen and oxygen atoms in total. The van der Waals surface area contributed by atoms with Crippen LogP contribution >= 0.6 is 0 Å². The van der Waals surface area contributed by atoms with Crippen LogP contribution in [0.25, 0.3) is 0 Å². The molecule has 14 heavy (non-hydrogen) atoms. The molecule has 0 bridgehead atoms. The van der Waals surface area contributed by atoms with Crippen molar-refractivity contribution in [2.45, 2.75) is 64.8 Å². The SMILES string of the molecule is CCCC(C)CC(NC)C1CCCC1. The Morgan fingerprint density at radius 3 is 2.43 bits per heavy atom. The fourth-order valence-electron chi connectivity index (χ4n) is 2.95. The standard InChI is InChI=1S/C13H27N/c1-4-7-11(2)10-13(14-3)12-8-5-6-9-12/h11-14H,4-10H2,1-3H3. The third kappa shape index (κ3) is 3.61. The quantitative estimate of drug-likeness (QED) is 0.686. The largest absolute Gasteiger partial charge is 0.317 e. The van der Waals surface area contributed by atoms with E-state index in [4.69, 9.17) is 0 Å². The van der Waals surface area contributed by atoms with Crippen LogP contribution in [-0.4, -0.2) is 13.1 Å². The van der Waals surface area contributed by atoms with Gasteiger partial charge in [0.05, 0.1) is 0 Å². The van der Waals surface area contributed by atoms with Gasteiger partial charge in [0.25, 0.3) is 0 Å². The van der Waals surface area contributed by atoms with Gasteiger partial charge in [-0.15, -0.1) is 0 Å². The molecule has 0 radical (unpaired) electrons. The lowest BCUT2D eigenvalue weighted by molar-refractivity contribution is 0.307. The summed E-state index contributed by atoms with van der Waals surface area (Å²) in [5.41, 5.74) is 0. The second kappa shape index (κ2) is 6.44. The minimum absolute atomic E-state index is 0.791. The van der Waals surface area contributed by atoms with Crippen LogP contribution in [0.4, 0.5) is 0 Å². The van der Waals surface area contributed by atoms with Crippen LogP contribution in [-0.2, 0) is 0 Å². The zero-order valence-electron chi connectivity index (χ0n) is 10.2. The average Bonchev–Trinajstić information content (AvgIpc) is 2.67. The molecule has 0 aromatic heterocycles. The highest BCUT2D eigenvalue weighted by Crippen LogP contribution is 2.30. The Morgan fingerprint density at radius 1 is 1.29 bits per heavy atom. The van der Waals surface area contributed by atoms with E-state index in [-0.39, 0.29) is 0 Å². The van der Waals surface area contributed by atoms with Gasteiger partial charge in [0.1, 0.15) is 0 Å². The van der Waals surface area contributed by atoms with Crippen molar-refractivity contribution in [1.82, 2.24) is 5.32 Å². The second-order valence-corrected chi connectivity index (χ2v) is 5.07. The summed E-state index contributed by atoms with van der Waals surface area (Å²) in [6, 6.07) is 0.791. The lowest BCUT2D eigenvalue weighted by Crippen LogP contribution is -2.33. The van der Waals surface area contributed by atoms with E-state index in [1.165, 1.54) is 44.9 Å². The molecule has 0 spiro atoms. The molecule has 0 aromatic carbocycles. The first-order valence-electron chi connectivity index (χ1n) is 6.45. The Bertz CT molecular complexity index is 138. The van der Waals surface area contributed by atoms with E-state index in [1.807, 2.05) is 0 Å². The summed E-state index contributed by atoms with van der Waals surface area (Å²) in [4.78, 5) is 0. The molecule has 2 atom stereocenters. The van der Waals surface area contributed by atoms with Gasteiger partial charge in [0.15, 0.2) is 0 Å². The van der Waals surface area contributed by atoms with Crippen LogP contribution < -0.4 is 5.32 Å².